The number of nitrogens with one attached hydrogen (secondary N) is 5. The second-order valence-corrected chi connectivity index (χ2v) is 9.97. The van der Waals surface area contributed by atoms with Crippen molar-refractivity contribution >= 4 is 53.2 Å². The molecule has 0 fully saturated rings. The lowest BCUT2D eigenvalue weighted by molar-refractivity contribution is -0.141. The van der Waals surface area contributed by atoms with Gasteiger partial charge in [-0.25, -0.2) is 9.78 Å². The number of hydrogen-bond acceptors (Lipinski definition) is 8. The predicted octanol–water partition coefficient (Wildman–Crippen LogP) is -1.47. The van der Waals surface area contributed by atoms with Crippen LogP contribution in [0.15, 0.2) is 48.0 Å². The summed E-state index contributed by atoms with van der Waals surface area (Å²) in [6, 6.07) is 2.92. The highest BCUT2D eigenvalue weighted by Gasteiger charge is 2.30. The molecule has 0 aliphatic carbocycles. The molecule has 0 radical (unpaired) electrons. The van der Waals surface area contributed by atoms with Crippen molar-refractivity contribution < 1.29 is 24.3 Å². The molecule has 2 heterocycles. The zero-order valence-corrected chi connectivity index (χ0v) is 23.6. The standard InChI is InChI=1S/C26H36N10O5S/c27-17(9-15-11-30-13-33-15)22(37)35-20(8-14-10-32-18-5-2-1-4-16(14)18)24(39)34-19(6-3-7-31-26(28)29)23(38)36-21(12-42)25(40)41/h1-2,4-5,10-11,13,17,19-21,32,42H,3,6-9,12,27H2,(H,30,33)(H,34,39)(H,35,37)(H,36,38)(H,40,41)(H4,28,29,31). The summed E-state index contributed by atoms with van der Waals surface area (Å²) >= 11 is 3.98. The maximum atomic E-state index is 13.7. The van der Waals surface area contributed by atoms with Gasteiger partial charge in [0.05, 0.1) is 12.4 Å². The van der Waals surface area contributed by atoms with Gasteiger partial charge in [0, 0.05) is 54.1 Å². The number of carboxylic acids is 1. The SMILES string of the molecule is NC(N)=NCCCC(NC(=O)C(Cc1c[nH]c2ccccc12)NC(=O)C(N)Cc1cnc[nH]1)C(=O)NC(CS)C(=O)O. The van der Waals surface area contributed by atoms with Gasteiger partial charge in [-0.2, -0.15) is 12.6 Å². The highest BCUT2D eigenvalue weighted by Crippen LogP contribution is 2.19. The topological polar surface area (TPSA) is 259 Å². The Morgan fingerprint density at radius 3 is 2.33 bits per heavy atom. The smallest absolute Gasteiger partial charge is 0.327 e. The first-order valence-electron chi connectivity index (χ1n) is 13.2. The molecule has 3 aromatic rings. The molecule has 0 saturated carbocycles. The summed E-state index contributed by atoms with van der Waals surface area (Å²) in [6.07, 6.45) is 5.37. The van der Waals surface area contributed by atoms with Gasteiger partial charge in [-0.15, -0.1) is 0 Å². The van der Waals surface area contributed by atoms with Crippen molar-refractivity contribution in [1.29, 1.82) is 0 Å². The van der Waals surface area contributed by atoms with E-state index < -0.39 is 47.9 Å². The predicted molar refractivity (Wildman–Crippen MR) is 159 cm³/mol. The lowest BCUT2D eigenvalue weighted by Gasteiger charge is -2.25. The summed E-state index contributed by atoms with van der Waals surface area (Å²) in [5.74, 6) is -3.55. The van der Waals surface area contributed by atoms with Crippen LogP contribution in [0.4, 0.5) is 0 Å². The summed E-state index contributed by atoms with van der Waals surface area (Å²) in [7, 11) is 0. The van der Waals surface area contributed by atoms with Crippen LogP contribution in [0.5, 0.6) is 0 Å². The van der Waals surface area contributed by atoms with Crippen molar-refractivity contribution in [2.24, 2.45) is 22.2 Å². The molecule has 1 aromatic carbocycles. The summed E-state index contributed by atoms with van der Waals surface area (Å²) in [5.41, 5.74) is 19.1. The average molecular weight is 601 g/mol. The van der Waals surface area contributed by atoms with Crippen molar-refractivity contribution in [2.45, 2.75) is 49.9 Å². The quantitative estimate of drug-likeness (QED) is 0.0397. The Bertz CT molecular complexity index is 1390. The number of guanidine groups is 1. The molecule has 226 valence electrons. The number of nitrogens with zero attached hydrogens (tertiary/aromatic N) is 2. The molecule has 4 atom stereocenters. The first kappa shape index (κ1) is 32.0. The van der Waals surface area contributed by atoms with Gasteiger partial charge in [0.1, 0.15) is 18.1 Å². The van der Waals surface area contributed by atoms with Gasteiger partial charge in [0.15, 0.2) is 5.96 Å². The first-order chi connectivity index (χ1) is 20.1. The zero-order valence-electron chi connectivity index (χ0n) is 22.7. The molecule has 15 nitrogen and oxygen atoms in total. The molecule has 4 unspecified atom stereocenters. The van der Waals surface area contributed by atoms with Crippen molar-refractivity contribution in [2.75, 3.05) is 12.3 Å². The maximum absolute atomic E-state index is 13.7. The number of aliphatic imine (C=N–C) groups is 1. The molecular formula is C26H36N10O5S. The van der Waals surface area contributed by atoms with E-state index in [1.54, 1.807) is 12.4 Å². The lowest BCUT2D eigenvalue weighted by Crippen LogP contribution is -2.58. The van der Waals surface area contributed by atoms with Gasteiger partial charge in [-0.1, -0.05) is 18.2 Å². The van der Waals surface area contributed by atoms with Crippen molar-refractivity contribution in [3.8, 4) is 0 Å². The normalized spacial score (nSPS) is 13.9. The molecule has 0 aliphatic rings. The molecule has 42 heavy (non-hydrogen) atoms. The molecule has 3 amide bonds. The number of carbonyl (C=O) groups excluding carboxylic acids is 3. The number of amides is 3. The Morgan fingerprint density at radius 2 is 1.67 bits per heavy atom. The van der Waals surface area contributed by atoms with E-state index in [4.69, 9.17) is 17.2 Å². The number of carbonyl (C=O) groups is 4. The van der Waals surface area contributed by atoms with Crippen LogP contribution in [-0.2, 0) is 32.0 Å². The van der Waals surface area contributed by atoms with E-state index in [9.17, 15) is 24.3 Å². The van der Waals surface area contributed by atoms with Gasteiger partial charge in [0.2, 0.25) is 17.7 Å². The fourth-order valence-corrected chi connectivity index (χ4v) is 4.48. The van der Waals surface area contributed by atoms with E-state index in [0.717, 1.165) is 16.5 Å². The molecule has 3 rings (SSSR count). The number of rotatable bonds is 16. The number of hydrogen-bond donors (Lipinski definition) is 10. The van der Waals surface area contributed by atoms with Crippen molar-refractivity contribution in [1.82, 2.24) is 30.9 Å². The van der Waals surface area contributed by atoms with Gasteiger partial charge >= 0.3 is 5.97 Å². The summed E-state index contributed by atoms with van der Waals surface area (Å²) in [6.45, 7) is 0.175. The Morgan fingerprint density at radius 1 is 0.976 bits per heavy atom. The van der Waals surface area contributed by atoms with E-state index in [2.05, 4.69) is 48.5 Å². The highest BCUT2D eigenvalue weighted by atomic mass is 32.1. The van der Waals surface area contributed by atoms with Gasteiger partial charge < -0.3 is 48.2 Å². The zero-order chi connectivity index (χ0) is 30.6. The number of para-hydroxylation sites is 1. The number of aromatic amines is 2. The number of carboxylic acid groups (broad SMARTS) is 1. The van der Waals surface area contributed by atoms with Crippen LogP contribution in [0.2, 0.25) is 0 Å². The summed E-state index contributed by atoms with van der Waals surface area (Å²) in [4.78, 5) is 65.1. The van der Waals surface area contributed by atoms with E-state index in [0.29, 0.717) is 12.1 Å². The third-order valence-electron chi connectivity index (χ3n) is 6.44. The molecule has 2 aromatic heterocycles. The minimum Gasteiger partial charge on any atom is -0.480 e. The minimum absolute atomic E-state index is 0.0785. The third-order valence-corrected chi connectivity index (χ3v) is 6.80. The van der Waals surface area contributed by atoms with Gasteiger partial charge in [0.25, 0.3) is 0 Å². The molecular weight excluding hydrogens is 564 g/mol. The molecule has 0 aliphatic heterocycles. The monoisotopic (exact) mass is 600 g/mol. The number of fused-ring (bicyclic) bond motifs is 1. The summed E-state index contributed by atoms with van der Waals surface area (Å²) in [5, 5.41) is 18.0. The van der Waals surface area contributed by atoms with E-state index in [-0.39, 0.29) is 37.5 Å². The van der Waals surface area contributed by atoms with Crippen molar-refractivity contribution in [3.05, 3.63) is 54.2 Å². The number of imidazole rings is 1. The number of aromatic nitrogens is 3. The van der Waals surface area contributed by atoms with Gasteiger partial charge in [-0.05, 0) is 24.5 Å². The van der Waals surface area contributed by atoms with E-state index >= 15 is 0 Å². The molecule has 0 bridgehead atoms. The van der Waals surface area contributed by atoms with Crippen LogP contribution in [0.25, 0.3) is 10.9 Å². The van der Waals surface area contributed by atoms with Crippen LogP contribution >= 0.6 is 12.6 Å². The largest absolute Gasteiger partial charge is 0.480 e. The number of nitrogens with two attached hydrogens (primary N) is 3. The first-order valence-corrected chi connectivity index (χ1v) is 13.8. The van der Waals surface area contributed by atoms with Crippen LogP contribution in [0.1, 0.15) is 24.1 Å². The summed E-state index contributed by atoms with van der Waals surface area (Å²) < 4.78 is 0. The fourth-order valence-electron chi connectivity index (χ4n) is 4.24. The Hall–Kier alpha value is -4.57. The number of thiol groups is 1. The third kappa shape index (κ3) is 9.24. The number of aliphatic carboxylic acids is 1. The average Bonchev–Trinajstić information content (AvgIpc) is 3.62. The molecule has 0 saturated heterocycles. The molecule has 16 heteroatoms. The second-order valence-electron chi connectivity index (χ2n) is 9.60. The highest BCUT2D eigenvalue weighted by molar-refractivity contribution is 7.80. The number of H-pyrrole nitrogens is 2. The van der Waals surface area contributed by atoms with E-state index in [1.807, 2.05) is 24.3 Å². The van der Waals surface area contributed by atoms with Crippen LogP contribution in [-0.4, -0.2) is 86.2 Å². The Labute approximate surface area is 246 Å². The maximum Gasteiger partial charge on any atom is 0.327 e. The van der Waals surface area contributed by atoms with E-state index in [1.165, 1.54) is 6.33 Å². The Kier molecular flexibility index (Phi) is 11.7. The molecule has 0 spiro atoms. The minimum atomic E-state index is -1.28. The van der Waals surface area contributed by atoms with Gasteiger partial charge in [-0.3, -0.25) is 19.4 Å². The van der Waals surface area contributed by atoms with Crippen LogP contribution < -0.4 is 33.2 Å². The lowest BCUT2D eigenvalue weighted by atomic mass is 10.0. The van der Waals surface area contributed by atoms with Crippen LogP contribution in [0, 0.1) is 0 Å². The molecule has 12 N–H and O–H groups in total. The Balaban J connectivity index is 1.82. The number of benzene rings is 1. The second kappa shape index (κ2) is 15.4. The van der Waals surface area contributed by atoms with Crippen molar-refractivity contribution in [3.63, 3.8) is 0 Å². The van der Waals surface area contributed by atoms with Crippen LogP contribution in [0.3, 0.4) is 0 Å². The fraction of sp³-hybridized carbons (Fsp3) is 0.385.